The summed E-state index contributed by atoms with van der Waals surface area (Å²) >= 11 is 0. The van der Waals surface area contributed by atoms with Crippen LogP contribution in [-0.4, -0.2) is 24.4 Å². The van der Waals surface area contributed by atoms with Gasteiger partial charge in [0.1, 0.15) is 6.04 Å². The summed E-state index contributed by atoms with van der Waals surface area (Å²) in [4.78, 5) is 26.2. The van der Waals surface area contributed by atoms with E-state index < -0.39 is 0 Å². The fourth-order valence-corrected chi connectivity index (χ4v) is 3.58. The van der Waals surface area contributed by atoms with Crippen molar-refractivity contribution in [1.82, 2.24) is 0 Å². The van der Waals surface area contributed by atoms with Crippen LogP contribution in [0, 0.1) is 20.8 Å². The van der Waals surface area contributed by atoms with Crippen LogP contribution in [-0.2, 0) is 9.59 Å². The van der Waals surface area contributed by atoms with Crippen LogP contribution < -0.4 is 15.5 Å². The fourth-order valence-electron chi connectivity index (χ4n) is 3.58. The van der Waals surface area contributed by atoms with Gasteiger partial charge in [0.2, 0.25) is 11.8 Å². The molecule has 2 aromatic rings. The molecule has 142 valence electrons. The Hall–Kier alpha value is -2.82. The molecule has 0 radical (unpaired) electrons. The Balaban J connectivity index is 1.64. The van der Waals surface area contributed by atoms with Crippen LogP contribution >= 0.6 is 0 Å². The maximum Gasteiger partial charge on any atom is 0.246 e. The number of hydrogen-bond donors (Lipinski definition) is 2. The highest BCUT2D eigenvalue weighted by molar-refractivity contribution is 5.98. The van der Waals surface area contributed by atoms with Gasteiger partial charge in [-0.1, -0.05) is 17.7 Å². The van der Waals surface area contributed by atoms with E-state index in [-0.39, 0.29) is 17.9 Å². The molecule has 1 aliphatic rings. The maximum atomic E-state index is 12.6. The van der Waals surface area contributed by atoms with Gasteiger partial charge in [-0.3, -0.25) is 9.59 Å². The van der Waals surface area contributed by atoms with Gasteiger partial charge in [0.15, 0.2) is 0 Å². The highest BCUT2D eigenvalue weighted by Gasteiger charge is 2.21. The zero-order valence-corrected chi connectivity index (χ0v) is 16.4. The predicted molar refractivity (Wildman–Crippen MR) is 110 cm³/mol. The number of nitrogens with one attached hydrogen (secondary N) is 2. The number of carbonyl (C=O) groups excluding carboxylic acids is 2. The molecule has 1 fully saturated rings. The largest absolute Gasteiger partial charge is 0.374 e. The van der Waals surface area contributed by atoms with Crippen LogP contribution in [0.2, 0.25) is 0 Å². The normalized spacial score (nSPS) is 15.0. The first-order chi connectivity index (χ1) is 12.8. The molecular formula is C22H27N3O2. The zero-order chi connectivity index (χ0) is 19.6. The van der Waals surface area contributed by atoms with Crippen molar-refractivity contribution in [3.8, 4) is 0 Å². The Bertz CT molecular complexity index is 835. The highest BCUT2D eigenvalue weighted by atomic mass is 16.2. The molecule has 1 saturated heterocycles. The van der Waals surface area contributed by atoms with Gasteiger partial charge in [-0.15, -0.1) is 0 Å². The van der Waals surface area contributed by atoms with Crippen molar-refractivity contribution in [2.45, 2.75) is 46.6 Å². The average molecular weight is 365 g/mol. The van der Waals surface area contributed by atoms with Crippen molar-refractivity contribution in [2.75, 3.05) is 22.1 Å². The van der Waals surface area contributed by atoms with E-state index in [4.69, 9.17) is 0 Å². The lowest BCUT2D eigenvalue weighted by atomic mass is 10.0. The Morgan fingerprint density at radius 2 is 1.70 bits per heavy atom. The topological polar surface area (TPSA) is 61.4 Å². The van der Waals surface area contributed by atoms with Gasteiger partial charge in [0.05, 0.1) is 0 Å². The van der Waals surface area contributed by atoms with Crippen molar-refractivity contribution in [1.29, 1.82) is 0 Å². The first kappa shape index (κ1) is 19.0. The van der Waals surface area contributed by atoms with Crippen molar-refractivity contribution in [2.24, 2.45) is 0 Å². The van der Waals surface area contributed by atoms with Crippen LogP contribution in [0.1, 0.15) is 36.5 Å². The molecule has 0 bridgehead atoms. The molecule has 0 saturated carbocycles. The Labute approximate surface area is 160 Å². The molecule has 0 unspecified atom stereocenters. The summed E-state index contributed by atoms with van der Waals surface area (Å²) in [5, 5.41) is 6.26. The van der Waals surface area contributed by atoms with Crippen molar-refractivity contribution >= 4 is 28.9 Å². The molecule has 0 spiro atoms. The number of nitrogens with zero attached hydrogens (tertiary/aromatic N) is 1. The highest BCUT2D eigenvalue weighted by Crippen LogP contribution is 2.24. The van der Waals surface area contributed by atoms with Crippen molar-refractivity contribution in [3.05, 3.63) is 53.1 Å². The summed E-state index contributed by atoms with van der Waals surface area (Å²) in [6.45, 7) is 8.68. The fraction of sp³-hybridized carbons (Fsp3) is 0.364. The number of hydrogen-bond acceptors (Lipinski definition) is 3. The lowest BCUT2D eigenvalue weighted by Gasteiger charge is -2.19. The molecule has 5 heteroatoms. The van der Waals surface area contributed by atoms with Crippen LogP contribution in [0.4, 0.5) is 17.1 Å². The number of aryl methyl sites for hydroxylation is 3. The second-order valence-electron chi connectivity index (χ2n) is 7.32. The van der Waals surface area contributed by atoms with Gasteiger partial charge in [-0.2, -0.15) is 0 Å². The molecule has 1 heterocycles. The second-order valence-corrected chi connectivity index (χ2v) is 7.32. The van der Waals surface area contributed by atoms with E-state index in [0.29, 0.717) is 6.42 Å². The van der Waals surface area contributed by atoms with Crippen molar-refractivity contribution in [3.63, 3.8) is 0 Å². The van der Waals surface area contributed by atoms with E-state index in [1.54, 1.807) is 0 Å². The minimum absolute atomic E-state index is 0.0798. The molecule has 1 atom stereocenters. The quantitative estimate of drug-likeness (QED) is 0.836. The molecule has 0 aliphatic carbocycles. The molecule has 2 N–H and O–H groups in total. The molecule has 5 nitrogen and oxygen atoms in total. The molecule has 2 amide bonds. The predicted octanol–water partition coefficient (Wildman–Crippen LogP) is 4.18. The standard InChI is InChI=1S/C22H27N3O2/c1-14-12-15(2)21(16(3)13-14)24-22(27)17(4)23-18-7-9-19(10-8-18)25-11-5-6-20(25)26/h7-10,12-13,17,23H,5-6,11H2,1-4H3,(H,24,27)/t17-/m0/s1. The van der Waals surface area contributed by atoms with Crippen molar-refractivity contribution < 1.29 is 9.59 Å². The Kier molecular flexibility index (Phi) is 5.49. The molecule has 0 aromatic heterocycles. The number of benzene rings is 2. The summed E-state index contributed by atoms with van der Waals surface area (Å²) in [6, 6.07) is 11.4. The summed E-state index contributed by atoms with van der Waals surface area (Å²) in [5.74, 6) is 0.0937. The lowest BCUT2D eigenvalue weighted by Crippen LogP contribution is -2.32. The van der Waals surface area contributed by atoms with Crippen LogP contribution in [0.5, 0.6) is 0 Å². The smallest absolute Gasteiger partial charge is 0.246 e. The molecular weight excluding hydrogens is 338 g/mol. The first-order valence-electron chi connectivity index (χ1n) is 9.41. The Morgan fingerprint density at radius 1 is 1.07 bits per heavy atom. The number of anilines is 3. The maximum absolute atomic E-state index is 12.6. The van der Waals surface area contributed by atoms with E-state index in [9.17, 15) is 9.59 Å². The van der Waals surface area contributed by atoms with Gasteiger partial charge >= 0.3 is 0 Å². The van der Waals surface area contributed by atoms with E-state index >= 15 is 0 Å². The number of amides is 2. The first-order valence-corrected chi connectivity index (χ1v) is 9.41. The van der Waals surface area contributed by atoms with Gasteiger partial charge in [-0.05, 0) is 69.5 Å². The van der Waals surface area contributed by atoms with Gasteiger partial charge in [-0.25, -0.2) is 0 Å². The average Bonchev–Trinajstić information content (AvgIpc) is 3.04. The zero-order valence-electron chi connectivity index (χ0n) is 16.4. The third-order valence-electron chi connectivity index (χ3n) is 4.95. The van der Waals surface area contributed by atoms with Gasteiger partial charge < -0.3 is 15.5 Å². The number of carbonyl (C=O) groups is 2. The minimum Gasteiger partial charge on any atom is -0.374 e. The van der Waals surface area contributed by atoms with Gasteiger partial charge in [0.25, 0.3) is 0 Å². The van der Waals surface area contributed by atoms with Gasteiger partial charge in [0, 0.05) is 30.0 Å². The van der Waals surface area contributed by atoms with E-state index in [0.717, 1.165) is 41.2 Å². The Morgan fingerprint density at radius 3 is 2.26 bits per heavy atom. The molecule has 2 aromatic carbocycles. The molecule has 1 aliphatic heterocycles. The van der Waals surface area contributed by atoms with Crippen LogP contribution in [0.25, 0.3) is 0 Å². The molecule has 27 heavy (non-hydrogen) atoms. The van der Waals surface area contributed by atoms with E-state index in [1.165, 1.54) is 5.56 Å². The summed E-state index contributed by atoms with van der Waals surface area (Å²) in [7, 11) is 0. The summed E-state index contributed by atoms with van der Waals surface area (Å²) in [5.41, 5.74) is 5.95. The third-order valence-corrected chi connectivity index (χ3v) is 4.95. The SMILES string of the molecule is Cc1cc(C)c(NC(=O)[C@H](C)Nc2ccc(N3CCCC3=O)cc2)c(C)c1. The summed E-state index contributed by atoms with van der Waals surface area (Å²) in [6.07, 6.45) is 1.53. The summed E-state index contributed by atoms with van der Waals surface area (Å²) < 4.78 is 0. The second kappa shape index (κ2) is 7.82. The van der Waals surface area contributed by atoms with Crippen LogP contribution in [0.3, 0.4) is 0 Å². The monoisotopic (exact) mass is 365 g/mol. The minimum atomic E-state index is -0.385. The van der Waals surface area contributed by atoms with Crippen LogP contribution in [0.15, 0.2) is 36.4 Å². The number of rotatable bonds is 5. The lowest BCUT2D eigenvalue weighted by molar-refractivity contribution is -0.117. The van der Waals surface area contributed by atoms with E-state index in [1.807, 2.05) is 49.9 Å². The third kappa shape index (κ3) is 4.30. The molecule has 3 rings (SSSR count). The van der Waals surface area contributed by atoms with E-state index in [2.05, 4.69) is 29.7 Å².